The molecule has 0 radical (unpaired) electrons. The first-order valence-corrected chi connectivity index (χ1v) is 7.36. The molecule has 21 heavy (non-hydrogen) atoms. The number of nitrogens with one attached hydrogen (secondary N) is 1. The molecule has 1 aliphatic rings. The summed E-state index contributed by atoms with van der Waals surface area (Å²) in [6.45, 7) is 0. The Hall–Kier alpha value is -1.90. The predicted molar refractivity (Wildman–Crippen MR) is 84.0 cm³/mol. The fourth-order valence-corrected chi connectivity index (χ4v) is 2.49. The van der Waals surface area contributed by atoms with Gasteiger partial charge in [-0.05, 0) is 37.5 Å². The highest BCUT2D eigenvalue weighted by Crippen LogP contribution is 2.30. The molecule has 0 spiro atoms. The smallest absolute Gasteiger partial charge is 0.168 e. The number of nitriles is 1. The number of anilines is 2. The summed E-state index contributed by atoms with van der Waals surface area (Å²) in [5.41, 5.74) is 7.05. The van der Waals surface area contributed by atoms with E-state index in [-0.39, 0.29) is 5.82 Å². The fourth-order valence-electron chi connectivity index (χ4n) is 2.20. The van der Waals surface area contributed by atoms with Gasteiger partial charge in [0.1, 0.15) is 17.5 Å². The van der Waals surface area contributed by atoms with Crippen molar-refractivity contribution < 1.29 is 0 Å². The summed E-state index contributed by atoms with van der Waals surface area (Å²) < 4.78 is 1.50. The molecule has 0 unspecified atom stereocenters. The minimum Gasteiger partial charge on any atom is -0.382 e. The van der Waals surface area contributed by atoms with Crippen molar-refractivity contribution in [2.75, 3.05) is 11.1 Å². The van der Waals surface area contributed by atoms with Gasteiger partial charge >= 0.3 is 0 Å². The van der Waals surface area contributed by atoms with E-state index in [0.29, 0.717) is 33.2 Å². The van der Waals surface area contributed by atoms with Crippen molar-refractivity contribution in [2.45, 2.75) is 25.3 Å². The third-order valence-electron chi connectivity index (χ3n) is 3.63. The summed E-state index contributed by atoms with van der Waals surface area (Å²) in [5, 5.41) is 17.8. The summed E-state index contributed by atoms with van der Waals surface area (Å²) in [7, 11) is 0. The summed E-state index contributed by atoms with van der Waals surface area (Å²) in [6.07, 6.45) is 3.37. The second kappa shape index (κ2) is 5.47. The minimum atomic E-state index is 0.290. The molecule has 7 heteroatoms. The Labute approximate surface area is 132 Å². The summed E-state index contributed by atoms with van der Waals surface area (Å²) in [6, 6.07) is 7.57. The third-order valence-corrected chi connectivity index (χ3v) is 4.37. The topological polar surface area (TPSA) is 79.7 Å². The van der Waals surface area contributed by atoms with Crippen molar-refractivity contribution in [3.63, 3.8) is 0 Å². The lowest BCUT2D eigenvalue weighted by Gasteiger charge is -2.26. The molecular formula is C14H13Cl2N5. The Kier molecular flexibility index (Phi) is 3.66. The van der Waals surface area contributed by atoms with Crippen molar-refractivity contribution in [2.24, 2.45) is 0 Å². The molecule has 1 fully saturated rings. The molecule has 2 aromatic rings. The third kappa shape index (κ3) is 2.53. The van der Waals surface area contributed by atoms with Gasteiger partial charge in [0.05, 0.1) is 15.7 Å². The van der Waals surface area contributed by atoms with E-state index in [1.165, 1.54) is 11.1 Å². The van der Waals surface area contributed by atoms with Crippen molar-refractivity contribution >= 4 is 34.8 Å². The first kappa shape index (κ1) is 14.1. The summed E-state index contributed by atoms with van der Waals surface area (Å²) >= 11 is 11.9. The first-order chi connectivity index (χ1) is 10.1. The largest absolute Gasteiger partial charge is 0.382 e. The van der Waals surface area contributed by atoms with Crippen LogP contribution in [0.15, 0.2) is 18.2 Å². The van der Waals surface area contributed by atoms with Gasteiger partial charge in [0, 0.05) is 6.04 Å². The number of nitrogens with zero attached hydrogens (tertiary/aromatic N) is 3. The molecule has 3 rings (SSSR count). The molecule has 108 valence electrons. The highest BCUT2D eigenvalue weighted by molar-refractivity contribution is 6.42. The van der Waals surface area contributed by atoms with Crippen LogP contribution in [-0.4, -0.2) is 15.8 Å². The number of hydrogen-bond acceptors (Lipinski definition) is 4. The highest BCUT2D eigenvalue weighted by Gasteiger charge is 2.23. The van der Waals surface area contributed by atoms with E-state index in [1.54, 1.807) is 18.2 Å². The number of nitrogens with two attached hydrogens (primary N) is 1. The first-order valence-electron chi connectivity index (χ1n) is 6.60. The molecule has 3 N–H and O–H groups in total. The SMILES string of the molecule is N#Cc1c(NC2CCC2)nn(-c2ccc(Cl)c(Cl)c2)c1N. The lowest BCUT2D eigenvalue weighted by atomic mass is 9.93. The standard InChI is InChI=1S/C14H13Cl2N5/c15-11-5-4-9(6-12(11)16)21-13(18)10(7-17)14(20-21)19-8-2-1-3-8/h4-6,8H,1-3,18H2,(H,19,20). The molecule has 1 aromatic carbocycles. The molecule has 0 amide bonds. The van der Waals surface area contributed by atoms with Gasteiger partial charge in [-0.2, -0.15) is 5.26 Å². The van der Waals surface area contributed by atoms with Crippen molar-refractivity contribution in [1.82, 2.24) is 9.78 Å². The van der Waals surface area contributed by atoms with Gasteiger partial charge in [-0.3, -0.25) is 0 Å². The average molecular weight is 322 g/mol. The molecular weight excluding hydrogens is 309 g/mol. The Bertz CT molecular complexity index is 728. The monoisotopic (exact) mass is 321 g/mol. The Morgan fingerprint density at radius 2 is 2.10 bits per heavy atom. The molecule has 0 atom stereocenters. The Balaban J connectivity index is 2.02. The highest BCUT2D eigenvalue weighted by atomic mass is 35.5. The van der Waals surface area contributed by atoms with Crippen LogP contribution in [0.3, 0.4) is 0 Å². The van der Waals surface area contributed by atoms with Gasteiger partial charge in [0.2, 0.25) is 0 Å². The molecule has 1 aliphatic carbocycles. The van der Waals surface area contributed by atoms with E-state index >= 15 is 0 Å². The van der Waals surface area contributed by atoms with E-state index in [4.69, 9.17) is 28.9 Å². The van der Waals surface area contributed by atoms with Crippen LogP contribution >= 0.6 is 23.2 Å². The number of aromatic nitrogens is 2. The normalized spacial score (nSPS) is 14.5. The van der Waals surface area contributed by atoms with Crippen molar-refractivity contribution in [3.05, 3.63) is 33.8 Å². The number of hydrogen-bond donors (Lipinski definition) is 2. The lowest BCUT2D eigenvalue weighted by molar-refractivity contribution is 0.444. The lowest BCUT2D eigenvalue weighted by Crippen LogP contribution is -2.27. The van der Waals surface area contributed by atoms with Gasteiger partial charge in [0.15, 0.2) is 5.82 Å². The number of nitrogen functional groups attached to an aromatic ring is 1. The van der Waals surface area contributed by atoms with Crippen molar-refractivity contribution in [3.8, 4) is 11.8 Å². The Morgan fingerprint density at radius 3 is 2.67 bits per heavy atom. The van der Waals surface area contributed by atoms with Crippen LogP contribution in [0.4, 0.5) is 11.6 Å². The zero-order valence-electron chi connectivity index (χ0n) is 11.1. The quantitative estimate of drug-likeness (QED) is 0.905. The molecule has 5 nitrogen and oxygen atoms in total. The zero-order valence-corrected chi connectivity index (χ0v) is 12.6. The van der Waals surface area contributed by atoms with E-state index in [2.05, 4.69) is 16.5 Å². The molecule has 1 heterocycles. The number of benzene rings is 1. The van der Waals surface area contributed by atoms with Gasteiger partial charge in [-0.1, -0.05) is 23.2 Å². The van der Waals surface area contributed by atoms with Gasteiger partial charge in [0.25, 0.3) is 0 Å². The van der Waals surface area contributed by atoms with Crippen LogP contribution in [0.1, 0.15) is 24.8 Å². The van der Waals surface area contributed by atoms with Crippen LogP contribution in [0.2, 0.25) is 10.0 Å². The minimum absolute atomic E-state index is 0.290. The van der Waals surface area contributed by atoms with E-state index in [9.17, 15) is 5.26 Å². The summed E-state index contributed by atoms with van der Waals surface area (Å²) in [4.78, 5) is 0. The fraction of sp³-hybridized carbons (Fsp3) is 0.286. The van der Waals surface area contributed by atoms with Gasteiger partial charge in [-0.15, -0.1) is 5.10 Å². The molecule has 0 bridgehead atoms. The zero-order chi connectivity index (χ0) is 15.0. The van der Waals surface area contributed by atoms with Crippen LogP contribution < -0.4 is 11.1 Å². The van der Waals surface area contributed by atoms with Crippen molar-refractivity contribution in [1.29, 1.82) is 5.26 Å². The maximum atomic E-state index is 9.29. The maximum absolute atomic E-state index is 9.29. The molecule has 0 aliphatic heterocycles. The van der Waals surface area contributed by atoms with Crippen LogP contribution in [0.25, 0.3) is 5.69 Å². The van der Waals surface area contributed by atoms with Gasteiger partial charge in [-0.25, -0.2) is 4.68 Å². The van der Waals surface area contributed by atoms with Crippen LogP contribution in [0, 0.1) is 11.3 Å². The van der Waals surface area contributed by atoms with E-state index in [0.717, 1.165) is 12.8 Å². The second-order valence-electron chi connectivity index (χ2n) is 5.00. The van der Waals surface area contributed by atoms with E-state index in [1.807, 2.05) is 0 Å². The maximum Gasteiger partial charge on any atom is 0.168 e. The van der Waals surface area contributed by atoms with E-state index < -0.39 is 0 Å². The molecule has 1 saturated carbocycles. The summed E-state index contributed by atoms with van der Waals surface area (Å²) in [5.74, 6) is 0.809. The number of rotatable bonds is 3. The van der Waals surface area contributed by atoms with Crippen LogP contribution in [0.5, 0.6) is 0 Å². The average Bonchev–Trinajstić information content (AvgIpc) is 2.73. The predicted octanol–water partition coefficient (Wildman–Crippen LogP) is 3.60. The number of halogens is 2. The molecule has 0 saturated heterocycles. The Morgan fingerprint density at radius 1 is 1.33 bits per heavy atom. The van der Waals surface area contributed by atoms with Crippen LogP contribution in [-0.2, 0) is 0 Å². The second-order valence-corrected chi connectivity index (χ2v) is 5.82. The molecule has 1 aromatic heterocycles. The van der Waals surface area contributed by atoms with Gasteiger partial charge < -0.3 is 11.1 Å².